The van der Waals surface area contributed by atoms with Crippen LogP contribution in [0, 0.1) is 0 Å². The fraction of sp³-hybridized carbons (Fsp3) is 0.982. The standard InChI is InChI=1S/C56H115N3O3/c1-5-9-12-15-18-21-24-27-30-33-36-39-44-52-62-56(61)46-45-47-57-53-55(60)54-59(50-41-38-35-32-29-26-23-20-17-14-11-7-3)51-43-42-49-58(8-4)48-40-37-34-31-28-25-22-19-16-13-10-6-2/h55,57,60H,5-54H2,1-4H3. The van der Waals surface area contributed by atoms with E-state index in [2.05, 4.69) is 42.8 Å². The van der Waals surface area contributed by atoms with Crippen LogP contribution < -0.4 is 5.32 Å². The molecule has 0 aliphatic heterocycles. The number of carbonyl (C=O) groups excluding carboxylic acids is 1. The predicted octanol–water partition coefficient (Wildman–Crippen LogP) is 16.2. The highest BCUT2D eigenvalue weighted by Crippen LogP contribution is 2.16. The average Bonchev–Trinajstić information content (AvgIpc) is 3.27. The maximum absolute atomic E-state index is 12.3. The highest BCUT2D eigenvalue weighted by Gasteiger charge is 2.13. The summed E-state index contributed by atoms with van der Waals surface area (Å²) in [4.78, 5) is 17.5. The molecule has 0 spiro atoms. The lowest BCUT2D eigenvalue weighted by Gasteiger charge is -2.26. The van der Waals surface area contributed by atoms with E-state index in [1.54, 1.807) is 0 Å². The molecule has 0 saturated carbocycles. The number of rotatable bonds is 54. The van der Waals surface area contributed by atoms with Crippen molar-refractivity contribution in [1.29, 1.82) is 0 Å². The van der Waals surface area contributed by atoms with Crippen molar-refractivity contribution in [2.45, 2.75) is 297 Å². The van der Waals surface area contributed by atoms with Gasteiger partial charge in [-0.15, -0.1) is 0 Å². The smallest absolute Gasteiger partial charge is 0.305 e. The molecule has 0 aromatic carbocycles. The third-order valence-corrected chi connectivity index (χ3v) is 13.4. The summed E-state index contributed by atoms with van der Waals surface area (Å²) in [5.74, 6) is -0.0735. The van der Waals surface area contributed by atoms with Crippen LogP contribution in [-0.4, -0.2) is 85.9 Å². The number of hydrogen-bond acceptors (Lipinski definition) is 6. The molecule has 0 aliphatic rings. The second kappa shape index (κ2) is 52.9. The first-order valence-electron chi connectivity index (χ1n) is 28.6. The van der Waals surface area contributed by atoms with Crippen molar-refractivity contribution in [3.05, 3.63) is 0 Å². The molecule has 2 N–H and O–H groups in total. The second-order valence-corrected chi connectivity index (χ2v) is 19.6. The van der Waals surface area contributed by atoms with Gasteiger partial charge >= 0.3 is 5.97 Å². The Balaban J connectivity index is 4.25. The van der Waals surface area contributed by atoms with Crippen molar-refractivity contribution in [3.8, 4) is 0 Å². The van der Waals surface area contributed by atoms with E-state index >= 15 is 0 Å². The first kappa shape index (κ1) is 61.3. The molecule has 372 valence electrons. The Kier molecular flexibility index (Phi) is 52.3. The lowest BCUT2D eigenvalue weighted by Crippen LogP contribution is -2.39. The van der Waals surface area contributed by atoms with E-state index in [4.69, 9.17) is 4.74 Å². The van der Waals surface area contributed by atoms with E-state index in [-0.39, 0.29) is 12.1 Å². The van der Waals surface area contributed by atoms with Crippen molar-refractivity contribution in [2.75, 3.05) is 59.0 Å². The fourth-order valence-corrected chi connectivity index (χ4v) is 9.11. The summed E-state index contributed by atoms with van der Waals surface area (Å²) >= 11 is 0. The number of unbranched alkanes of at least 4 members (excludes halogenated alkanes) is 35. The van der Waals surface area contributed by atoms with Gasteiger partial charge in [0.25, 0.3) is 0 Å². The second-order valence-electron chi connectivity index (χ2n) is 19.6. The van der Waals surface area contributed by atoms with E-state index in [1.807, 2.05) is 0 Å². The van der Waals surface area contributed by atoms with Crippen molar-refractivity contribution in [1.82, 2.24) is 15.1 Å². The molecular formula is C56H115N3O3. The zero-order valence-electron chi connectivity index (χ0n) is 43.1. The van der Waals surface area contributed by atoms with Crippen molar-refractivity contribution >= 4 is 5.97 Å². The van der Waals surface area contributed by atoms with Gasteiger partial charge in [0.1, 0.15) is 0 Å². The quantitative estimate of drug-likeness (QED) is 0.0469. The molecule has 0 bridgehead atoms. The molecule has 0 aromatic heterocycles. The molecule has 0 heterocycles. The minimum absolute atomic E-state index is 0.0735. The summed E-state index contributed by atoms with van der Waals surface area (Å²) in [5.41, 5.74) is 0. The molecular weight excluding hydrogens is 763 g/mol. The number of aliphatic hydroxyl groups excluding tert-OH is 1. The Morgan fingerprint density at radius 2 is 0.726 bits per heavy atom. The van der Waals surface area contributed by atoms with E-state index in [1.165, 1.54) is 251 Å². The molecule has 62 heavy (non-hydrogen) atoms. The number of nitrogens with zero attached hydrogens (tertiary/aromatic N) is 2. The minimum atomic E-state index is -0.382. The number of ether oxygens (including phenoxy) is 1. The van der Waals surface area contributed by atoms with Gasteiger partial charge in [0.2, 0.25) is 0 Å². The van der Waals surface area contributed by atoms with E-state index in [0.29, 0.717) is 19.6 Å². The van der Waals surface area contributed by atoms with Gasteiger partial charge < -0.3 is 25.0 Å². The molecule has 0 aromatic rings. The Morgan fingerprint density at radius 1 is 0.419 bits per heavy atom. The number of aliphatic hydroxyl groups is 1. The predicted molar refractivity (Wildman–Crippen MR) is 275 cm³/mol. The summed E-state index contributed by atoms with van der Waals surface area (Å²) in [6.45, 7) is 17.6. The van der Waals surface area contributed by atoms with Crippen LogP contribution in [0.3, 0.4) is 0 Å². The number of esters is 1. The Bertz CT molecular complexity index is 843. The van der Waals surface area contributed by atoms with Crippen LogP contribution in [0.1, 0.15) is 291 Å². The Labute approximate surface area is 390 Å². The van der Waals surface area contributed by atoms with Crippen molar-refractivity contribution in [2.24, 2.45) is 0 Å². The van der Waals surface area contributed by atoms with E-state index in [9.17, 15) is 9.90 Å². The van der Waals surface area contributed by atoms with Crippen LogP contribution in [0.2, 0.25) is 0 Å². The summed E-state index contributed by atoms with van der Waals surface area (Å²) in [6, 6.07) is 0. The fourth-order valence-electron chi connectivity index (χ4n) is 9.11. The van der Waals surface area contributed by atoms with Crippen LogP contribution in [0.5, 0.6) is 0 Å². The first-order chi connectivity index (χ1) is 30.6. The van der Waals surface area contributed by atoms with Crippen molar-refractivity contribution < 1.29 is 14.6 Å². The maximum Gasteiger partial charge on any atom is 0.305 e. The van der Waals surface area contributed by atoms with Crippen LogP contribution in [-0.2, 0) is 9.53 Å². The van der Waals surface area contributed by atoms with Crippen LogP contribution in [0.15, 0.2) is 0 Å². The average molecular weight is 879 g/mol. The lowest BCUT2D eigenvalue weighted by atomic mass is 10.0. The Morgan fingerprint density at radius 3 is 1.08 bits per heavy atom. The lowest BCUT2D eigenvalue weighted by molar-refractivity contribution is -0.143. The summed E-state index contributed by atoms with van der Waals surface area (Å²) in [5, 5.41) is 14.5. The van der Waals surface area contributed by atoms with E-state index < -0.39 is 0 Å². The molecule has 6 nitrogen and oxygen atoms in total. The van der Waals surface area contributed by atoms with Gasteiger partial charge in [0.15, 0.2) is 0 Å². The van der Waals surface area contributed by atoms with Gasteiger partial charge in [-0.2, -0.15) is 0 Å². The van der Waals surface area contributed by atoms with Crippen LogP contribution in [0.4, 0.5) is 0 Å². The highest BCUT2D eigenvalue weighted by atomic mass is 16.5. The molecule has 0 radical (unpaired) electrons. The molecule has 0 rings (SSSR count). The molecule has 0 saturated heterocycles. The van der Waals surface area contributed by atoms with E-state index in [0.717, 1.165) is 52.0 Å². The summed E-state index contributed by atoms with van der Waals surface area (Å²) in [7, 11) is 0. The minimum Gasteiger partial charge on any atom is -0.466 e. The maximum atomic E-state index is 12.3. The molecule has 0 amide bonds. The van der Waals surface area contributed by atoms with Gasteiger partial charge in [-0.3, -0.25) is 4.79 Å². The van der Waals surface area contributed by atoms with Crippen LogP contribution in [0.25, 0.3) is 0 Å². The van der Waals surface area contributed by atoms with Crippen LogP contribution >= 0.6 is 0 Å². The Hall–Kier alpha value is -0.690. The highest BCUT2D eigenvalue weighted by molar-refractivity contribution is 5.69. The first-order valence-corrected chi connectivity index (χ1v) is 28.6. The number of nitrogens with one attached hydrogen (secondary N) is 1. The largest absolute Gasteiger partial charge is 0.466 e. The normalized spacial score (nSPS) is 12.3. The van der Waals surface area contributed by atoms with Gasteiger partial charge in [-0.05, 0) is 77.8 Å². The molecule has 6 heteroatoms. The SMILES string of the molecule is CCCCCCCCCCCCCCCOC(=O)CCCNCC(O)CN(CCCCCCCCCCCCCC)CCCCN(CC)CCCCCCCCCCCCCC. The monoisotopic (exact) mass is 878 g/mol. The zero-order valence-corrected chi connectivity index (χ0v) is 43.1. The molecule has 1 atom stereocenters. The van der Waals surface area contributed by atoms with Gasteiger partial charge in [0, 0.05) is 19.5 Å². The zero-order chi connectivity index (χ0) is 45.1. The number of carbonyl (C=O) groups is 1. The van der Waals surface area contributed by atoms with Gasteiger partial charge in [0.05, 0.1) is 12.7 Å². The number of hydrogen-bond donors (Lipinski definition) is 2. The third-order valence-electron chi connectivity index (χ3n) is 13.4. The third kappa shape index (κ3) is 48.8. The van der Waals surface area contributed by atoms with Crippen molar-refractivity contribution in [3.63, 3.8) is 0 Å². The topological polar surface area (TPSA) is 65.0 Å². The summed E-state index contributed by atoms with van der Waals surface area (Å²) < 4.78 is 5.52. The summed E-state index contributed by atoms with van der Waals surface area (Å²) in [6.07, 6.45) is 54.0. The van der Waals surface area contributed by atoms with Gasteiger partial charge in [-0.25, -0.2) is 0 Å². The molecule has 0 aliphatic carbocycles. The molecule has 1 unspecified atom stereocenters. The molecule has 0 fully saturated rings. The van der Waals surface area contributed by atoms with Gasteiger partial charge in [-0.1, -0.05) is 246 Å².